The minimum atomic E-state index is -3.83. The third kappa shape index (κ3) is 15.1. The predicted molar refractivity (Wildman–Crippen MR) is 250 cm³/mol. The molecule has 4 N–H and O–H groups in total. The number of aliphatic carboxylic acids is 2. The summed E-state index contributed by atoms with van der Waals surface area (Å²) in [5.41, 5.74) is 3.86. The van der Waals surface area contributed by atoms with Gasteiger partial charge in [0, 0.05) is 22.5 Å². The second-order valence-corrected chi connectivity index (χ2v) is 17.7. The van der Waals surface area contributed by atoms with Gasteiger partial charge in [-0.15, -0.1) is 0 Å². The average Bonchev–Trinajstić information content (AvgIpc) is 3.31. The molecule has 7 aromatic rings. The first-order chi connectivity index (χ1) is 32.2. The highest BCUT2D eigenvalue weighted by Crippen LogP contribution is 2.25. The molecule has 14 nitrogen and oxygen atoms in total. The van der Waals surface area contributed by atoms with Crippen molar-refractivity contribution in [3.8, 4) is 34.1 Å². The quantitative estimate of drug-likeness (QED) is 0.0499. The van der Waals surface area contributed by atoms with Crippen molar-refractivity contribution < 1.29 is 60.0 Å². The maximum Gasteiger partial charge on any atom is 0.307 e. The van der Waals surface area contributed by atoms with Crippen LogP contribution in [0.25, 0.3) is 11.1 Å². The van der Waals surface area contributed by atoms with Crippen molar-refractivity contribution in [3.63, 3.8) is 0 Å². The maximum atomic E-state index is 13.0. The Morgan fingerprint density at radius 1 is 0.433 bits per heavy atom. The van der Waals surface area contributed by atoms with Gasteiger partial charge < -0.3 is 29.2 Å². The molecule has 7 rings (SSSR count). The molecule has 0 unspecified atom stereocenters. The number of carbonyl (C=O) groups is 2. The van der Waals surface area contributed by atoms with E-state index < -0.39 is 37.8 Å². The lowest BCUT2D eigenvalue weighted by Gasteiger charge is -2.12. The Balaban J connectivity index is 0.000000224. The van der Waals surface area contributed by atoms with Crippen molar-refractivity contribution >= 4 is 43.4 Å². The number of benzene rings is 7. The monoisotopic (exact) mass is 948 g/mol. The number of nitrogens with one attached hydrogen (secondary N) is 2. The number of rotatable bonds is 21. The van der Waals surface area contributed by atoms with Gasteiger partial charge in [-0.3, -0.25) is 19.0 Å². The Kier molecular flexibility index (Phi) is 16.9. The van der Waals surface area contributed by atoms with E-state index in [9.17, 15) is 30.8 Å². The highest BCUT2D eigenvalue weighted by molar-refractivity contribution is 7.93. The summed E-state index contributed by atoms with van der Waals surface area (Å²) in [6.07, 6.45) is -0.252. The van der Waals surface area contributed by atoms with Crippen LogP contribution >= 0.6 is 0 Å². The van der Waals surface area contributed by atoms with Gasteiger partial charge in [0.25, 0.3) is 20.0 Å². The molecule has 0 saturated carbocycles. The van der Waals surface area contributed by atoms with Gasteiger partial charge in [-0.1, -0.05) is 78.9 Å². The van der Waals surface area contributed by atoms with E-state index in [0.717, 1.165) is 23.3 Å². The number of sulfonamides is 2. The molecule has 0 atom stereocenters. The standard InChI is InChI=1S/C28H25NO6S.C22H20FNO6S/c30-28(31)20-23-8-4-5-9-27(23)35-19-18-34-25-14-12-24(13-15-25)29-36(32,33)26-16-10-22(11-17-26)21-6-2-1-3-7-21;23-17-5-11-20(12-6-17)31(27,28)24-18-7-9-19(10-8-18)29-13-14-30-21-4-2-1-3-16(21)15-22(25)26/h1-17,29H,18-20H2,(H,30,31);1-12,24H,13-15H2,(H,25,26). The fourth-order valence-electron chi connectivity index (χ4n) is 6.27. The summed E-state index contributed by atoms with van der Waals surface area (Å²) in [4.78, 5) is 22.0. The molecular weight excluding hydrogens is 904 g/mol. The van der Waals surface area contributed by atoms with Crippen LogP contribution < -0.4 is 28.4 Å². The van der Waals surface area contributed by atoms with E-state index in [-0.39, 0.29) is 49.1 Å². The van der Waals surface area contributed by atoms with Gasteiger partial charge in [0.2, 0.25) is 0 Å². The summed E-state index contributed by atoms with van der Waals surface area (Å²) in [6, 6.07) is 47.7. The molecule has 67 heavy (non-hydrogen) atoms. The summed E-state index contributed by atoms with van der Waals surface area (Å²) in [5.74, 6) is -0.344. The summed E-state index contributed by atoms with van der Waals surface area (Å²) in [6.45, 7) is 0.877. The molecule has 0 heterocycles. The molecule has 0 bridgehead atoms. The van der Waals surface area contributed by atoms with E-state index in [1.807, 2.05) is 30.3 Å². The topological polar surface area (TPSA) is 204 Å². The first-order valence-corrected chi connectivity index (χ1v) is 23.5. The molecule has 0 saturated heterocycles. The Morgan fingerprint density at radius 2 is 0.791 bits per heavy atom. The molecule has 0 radical (unpaired) electrons. The van der Waals surface area contributed by atoms with E-state index in [1.165, 1.54) is 12.1 Å². The molecule has 346 valence electrons. The van der Waals surface area contributed by atoms with Gasteiger partial charge in [0.1, 0.15) is 55.2 Å². The number of carboxylic acids is 2. The Hall–Kier alpha value is -7.89. The van der Waals surface area contributed by atoms with Gasteiger partial charge in [0.05, 0.1) is 22.6 Å². The Morgan fingerprint density at radius 3 is 1.21 bits per heavy atom. The van der Waals surface area contributed by atoms with Crippen molar-refractivity contribution in [2.24, 2.45) is 0 Å². The van der Waals surface area contributed by atoms with Crippen LogP contribution in [0, 0.1) is 5.82 Å². The fraction of sp³-hybridized carbons (Fsp3) is 0.120. The smallest absolute Gasteiger partial charge is 0.307 e. The van der Waals surface area contributed by atoms with Crippen molar-refractivity contribution in [1.29, 1.82) is 0 Å². The van der Waals surface area contributed by atoms with E-state index >= 15 is 0 Å². The summed E-state index contributed by atoms with van der Waals surface area (Å²) in [5, 5.41) is 17.9. The second-order valence-electron chi connectivity index (χ2n) is 14.4. The van der Waals surface area contributed by atoms with Crippen LogP contribution in [0.4, 0.5) is 15.8 Å². The predicted octanol–water partition coefficient (Wildman–Crippen LogP) is 8.95. The first kappa shape index (κ1) is 48.6. The molecule has 0 fully saturated rings. The lowest BCUT2D eigenvalue weighted by atomic mass is 10.1. The van der Waals surface area contributed by atoms with Crippen molar-refractivity contribution in [3.05, 3.63) is 193 Å². The fourth-order valence-corrected chi connectivity index (χ4v) is 8.38. The Labute approximate surface area is 387 Å². The van der Waals surface area contributed by atoms with Crippen LogP contribution in [0.1, 0.15) is 11.1 Å². The van der Waals surface area contributed by atoms with Crippen LogP contribution in [0.5, 0.6) is 23.0 Å². The van der Waals surface area contributed by atoms with Crippen LogP contribution in [-0.4, -0.2) is 65.4 Å². The van der Waals surface area contributed by atoms with Gasteiger partial charge in [-0.2, -0.15) is 0 Å². The summed E-state index contributed by atoms with van der Waals surface area (Å²) < 4.78 is 90.6. The number of ether oxygens (including phenoxy) is 4. The van der Waals surface area contributed by atoms with Crippen LogP contribution in [-0.2, 0) is 42.5 Å². The number of para-hydroxylation sites is 2. The van der Waals surface area contributed by atoms with Gasteiger partial charge in [0.15, 0.2) is 0 Å². The van der Waals surface area contributed by atoms with E-state index in [2.05, 4.69) is 9.44 Å². The molecule has 0 aliphatic heterocycles. The molecule has 17 heteroatoms. The molecule has 0 aliphatic carbocycles. The molecule has 0 aliphatic rings. The van der Waals surface area contributed by atoms with Gasteiger partial charge in [-0.05, 0) is 108 Å². The first-order valence-electron chi connectivity index (χ1n) is 20.5. The number of halogens is 1. The third-order valence-electron chi connectivity index (χ3n) is 9.46. The normalized spacial score (nSPS) is 11.0. The SMILES string of the molecule is O=C(O)Cc1ccccc1OCCOc1ccc(NS(=O)(=O)c2ccc(-c3ccccc3)cc2)cc1.O=C(O)Cc1ccccc1OCCOc1ccc(NS(=O)(=O)c2ccc(F)cc2)cc1. The second kappa shape index (κ2) is 23.3. The maximum absolute atomic E-state index is 13.0. The highest BCUT2D eigenvalue weighted by atomic mass is 32.2. The number of hydrogen-bond donors (Lipinski definition) is 4. The molecule has 0 aromatic heterocycles. The largest absolute Gasteiger partial charge is 0.490 e. The van der Waals surface area contributed by atoms with E-state index in [1.54, 1.807) is 121 Å². The molecule has 7 aromatic carbocycles. The minimum Gasteiger partial charge on any atom is -0.490 e. The van der Waals surface area contributed by atoms with Crippen molar-refractivity contribution in [2.75, 3.05) is 35.9 Å². The van der Waals surface area contributed by atoms with Gasteiger partial charge >= 0.3 is 11.9 Å². The molecule has 0 spiro atoms. The van der Waals surface area contributed by atoms with Crippen molar-refractivity contribution in [2.45, 2.75) is 22.6 Å². The van der Waals surface area contributed by atoms with Crippen LogP contribution in [0.2, 0.25) is 0 Å². The number of carboxylic acid groups (broad SMARTS) is 2. The minimum absolute atomic E-state index is 0.0467. The zero-order chi connectivity index (χ0) is 47.7. The van der Waals surface area contributed by atoms with E-state index in [0.29, 0.717) is 45.5 Å². The molecule has 0 amide bonds. The lowest BCUT2D eigenvalue weighted by molar-refractivity contribution is -0.137. The van der Waals surface area contributed by atoms with E-state index in [4.69, 9.17) is 29.2 Å². The average molecular weight is 949 g/mol. The zero-order valence-electron chi connectivity index (χ0n) is 35.7. The van der Waals surface area contributed by atoms with Crippen molar-refractivity contribution in [1.82, 2.24) is 0 Å². The summed E-state index contributed by atoms with van der Waals surface area (Å²) >= 11 is 0. The Bertz CT molecular complexity index is 2940. The lowest BCUT2D eigenvalue weighted by Crippen LogP contribution is -2.13. The van der Waals surface area contributed by atoms with Crippen LogP contribution in [0.15, 0.2) is 186 Å². The highest BCUT2D eigenvalue weighted by Gasteiger charge is 2.16. The van der Waals surface area contributed by atoms with Crippen LogP contribution in [0.3, 0.4) is 0 Å². The third-order valence-corrected chi connectivity index (χ3v) is 12.3. The molecular formula is C50H45FN2O12S2. The number of anilines is 2. The zero-order valence-corrected chi connectivity index (χ0v) is 37.3. The van der Waals surface area contributed by atoms with Gasteiger partial charge in [-0.25, -0.2) is 21.2 Å². The number of hydrogen-bond acceptors (Lipinski definition) is 10. The summed E-state index contributed by atoms with van der Waals surface area (Å²) in [7, 11) is -7.57.